The van der Waals surface area contributed by atoms with Crippen LogP contribution in [0.2, 0.25) is 0 Å². The SMILES string of the molecule is Cn1ccnc1SCC(=O)c1c(=O)o[nH][n+]1C. The zero-order chi connectivity index (χ0) is 12.4. The van der Waals surface area contributed by atoms with Crippen molar-refractivity contribution < 1.29 is 14.0 Å². The smallest absolute Gasteiger partial charge is 0.329 e. The molecule has 0 spiro atoms. The predicted octanol–water partition coefficient (Wildman–Crippen LogP) is -0.499. The van der Waals surface area contributed by atoms with Crippen LogP contribution in [0.25, 0.3) is 0 Å². The molecule has 2 aromatic rings. The van der Waals surface area contributed by atoms with Crippen LogP contribution in [0.15, 0.2) is 26.9 Å². The molecule has 0 bridgehead atoms. The van der Waals surface area contributed by atoms with Crippen LogP contribution >= 0.6 is 11.8 Å². The number of thioether (sulfide) groups is 1. The summed E-state index contributed by atoms with van der Waals surface area (Å²) in [6, 6.07) is 0. The lowest BCUT2D eigenvalue weighted by Crippen LogP contribution is -2.39. The maximum atomic E-state index is 11.8. The fourth-order valence-electron chi connectivity index (χ4n) is 1.33. The van der Waals surface area contributed by atoms with Crippen LogP contribution in [-0.2, 0) is 14.1 Å². The molecule has 1 N–H and O–H groups in total. The van der Waals surface area contributed by atoms with Crippen LogP contribution < -0.4 is 10.3 Å². The highest BCUT2D eigenvalue weighted by molar-refractivity contribution is 7.99. The lowest BCUT2D eigenvalue weighted by Gasteiger charge is -1.97. The molecular weight excluding hydrogens is 244 g/mol. The molecule has 0 aliphatic carbocycles. The molecule has 0 unspecified atom stereocenters. The molecule has 0 saturated carbocycles. The normalized spacial score (nSPS) is 10.7. The molecule has 2 heterocycles. The van der Waals surface area contributed by atoms with E-state index < -0.39 is 5.63 Å². The van der Waals surface area contributed by atoms with Gasteiger partial charge in [-0.15, -0.1) is 0 Å². The molecule has 0 fully saturated rings. The van der Waals surface area contributed by atoms with Crippen LogP contribution in [0.1, 0.15) is 10.5 Å². The molecule has 90 valence electrons. The monoisotopic (exact) mass is 255 g/mol. The summed E-state index contributed by atoms with van der Waals surface area (Å²) in [5.41, 5.74) is -0.648. The molecule has 17 heavy (non-hydrogen) atoms. The number of Topliss-reactive ketones (excluding diaryl/α,β-unsaturated/α-hetero) is 1. The van der Waals surface area contributed by atoms with Crippen molar-refractivity contribution in [3.8, 4) is 0 Å². The molecular formula is C9H11N4O3S+. The summed E-state index contributed by atoms with van der Waals surface area (Å²) >= 11 is 1.27. The average Bonchev–Trinajstić information content (AvgIpc) is 2.83. The first kappa shape index (κ1) is 11.6. The molecule has 0 radical (unpaired) electrons. The van der Waals surface area contributed by atoms with Gasteiger partial charge in [0.25, 0.3) is 0 Å². The minimum atomic E-state index is -0.655. The molecule has 7 nitrogen and oxygen atoms in total. The first-order chi connectivity index (χ1) is 8.09. The van der Waals surface area contributed by atoms with Crippen LogP contribution in [0.3, 0.4) is 0 Å². The largest absolute Gasteiger partial charge is 0.438 e. The molecule has 0 aliphatic rings. The summed E-state index contributed by atoms with van der Waals surface area (Å²) in [4.78, 5) is 27.1. The Balaban J connectivity index is 2.09. The Morgan fingerprint density at radius 3 is 3.00 bits per heavy atom. The van der Waals surface area contributed by atoms with Crippen molar-refractivity contribution in [3.63, 3.8) is 0 Å². The van der Waals surface area contributed by atoms with E-state index in [4.69, 9.17) is 0 Å². The predicted molar refractivity (Wildman–Crippen MR) is 58.8 cm³/mol. The van der Waals surface area contributed by atoms with Crippen molar-refractivity contribution in [1.29, 1.82) is 0 Å². The highest BCUT2D eigenvalue weighted by Gasteiger charge is 2.26. The van der Waals surface area contributed by atoms with E-state index in [2.05, 4.69) is 14.8 Å². The second-order valence-electron chi connectivity index (χ2n) is 3.42. The van der Waals surface area contributed by atoms with Gasteiger partial charge in [0.2, 0.25) is 5.78 Å². The number of carbonyl (C=O) groups excluding carboxylic acids is 1. The third kappa shape index (κ3) is 2.31. The first-order valence-electron chi connectivity index (χ1n) is 4.80. The molecule has 0 aromatic carbocycles. The van der Waals surface area contributed by atoms with E-state index in [1.54, 1.807) is 24.0 Å². The second kappa shape index (κ2) is 4.58. The molecule has 0 aliphatic heterocycles. The van der Waals surface area contributed by atoms with Crippen molar-refractivity contribution in [2.45, 2.75) is 5.16 Å². The number of H-pyrrole nitrogens is 1. The topological polar surface area (TPSA) is 84.8 Å². The van der Waals surface area contributed by atoms with Crippen LogP contribution in [0.5, 0.6) is 0 Å². The fraction of sp³-hybridized carbons (Fsp3) is 0.333. The molecule has 2 aromatic heterocycles. The fourth-order valence-corrected chi connectivity index (χ4v) is 2.13. The molecule has 0 saturated heterocycles. The Morgan fingerprint density at radius 1 is 1.71 bits per heavy atom. The van der Waals surface area contributed by atoms with Gasteiger partial charge in [-0.25, -0.2) is 9.78 Å². The Labute approximate surface area is 100 Å². The van der Waals surface area contributed by atoms with Crippen LogP contribution in [0.4, 0.5) is 0 Å². The third-order valence-corrected chi connectivity index (χ3v) is 3.24. The lowest BCUT2D eigenvalue weighted by molar-refractivity contribution is -0.741. The summed E-state index contributed by atoms with van der Waals surface area (Å²) in [7, 11) is 3.38. The minimum absolute atomic E-state index is 0.00621. The average molecular weight is 255 g/mol. The summed E-state index contributed by atoms with van der Waals surface area (Å²) in [5.74, 6) is -0.156. The minimum Gasteiger partial charge on any atom is -0.329 e. The Morgan fingerprint density at radius 2 is 2.47 bits per heavy atom. The van der Waals surface area contributed by atoms with Gasteiger partial charge in [-0.05, 0) is 5.27 Å². The molecule has 8 heteroatoms. The number of nitrogens with one attached hydrogen (secondary N) is 1. The van der Waals surface area contributed by atoms with E-state index in [0.29, 0.717) is 0 Å². The van der Waals surface area contributed by atoms with E-state index in [9.17, 15) is 9.59 Å². The van der Waals surface area contributed by atoms with E-state index in [-0.39, 0.29) is 17.2 Å². The molecule has 2 rings (SSSR count). The maximum absolute atomic E-state index is 11.8. The first-order valence-corrected chi connectivity index (χ1v) is 5.79. The van der Waals surface area contributed by atoms with Gasteiger partial charge in [0.05, 0.1) is 5.75 Å². The standard InChI is InChI=1S/C9H10N4O3S/c1-12-4-3-10-9(12)17-5-6(14)7-8(15)16-11-13(7)2/h3-4H,5H2,1-2H3/p+1. The Kier molecular flexibility index (Phi) is 3.14. The number of aryl methyl sites for hydroxylation is 2. The van der Waals surface area contributed by atoms with Crippen molar-refractivity contribution in [1.82, 2.24) is 14.8 Å². The lowest BCUT2D eigenvalue weighted by atomic mass is 10.3. The van der Waals surface area contributed by atoms with Gasteiger partial charge in [-0.1, -0.05) is 16.4 Å². The number of ketones is 1. The Hall–Kier alpha value is -1.83. The van der Waals surface area contributed by atoms with Crippen LogP contribution in [-0.4, -0.2) is 26.4 Å². The number of nitrogens with zero attached hydrogens (tertiary/aromatic N) is 3. The highest BCUT2D eigenvalue weighted by Crippen LogP contribution is 2.14. The molecule has 0 amide bonds. The van der Waals surface area contributed by atoms with Gasteiger partial charge in [0, 0.05) is 19.4 Å². The number of hydrogen-bond donors (Lipinski definition) is 1. The van der Waals surface area contributed by atoms with E-state index in [0.717, 1.165) is 5.16 Å². The van der Waals surface area contributed by atoms with Crippen LogP contribution in [0, 0.1) is 0 Å². The number of imidazole rings is 1. The number of carbonyl (C=O) groups is 1. The summed E-state index contributed by atoms with van der Waals surface area (Å²) < 4.78 is 7.58. The maximum Gasteiger partial charge on any atom is 0.438 e. The zero-order valence-electron chi connectivity index (χ0n) is 9.34. The number of aromatic amines is 1. The summed E-state index contributed by atoms with van der Waals surface area (Å²) in [5, 5.41) is 3.02. The van der Waals surface area contributed by atoms with Gasteiger partial charge >= 0.3 is 11.3 Å². The quantitative estimate of drug-likeness (QED) is 0.452. The molecule has 0 atom stereocenters. The van der Waals surface area contributed by atoms with Crippen molar-refractivity contribution in [3.05, 3.63) is 28.5 Å². The van der Waals surface area contributed by atoms with Crippen molar-refractivity contribution in [2.24, 2.45) is 14.1 Å². The Bertz CT molecular complexity index is 597. The zero-order valence-corrected chi connectivity index (χ0v) is 10.2. The number of hydrogen-bond acceptors (Lipinski definition) is 5. The summed E-state index contributed by atoms with van der Waals surface area (Å²) in [6.07, 6.45) is 3.44. The van der Waals surface area contributed by atoms with Crippen molar-refractivity contribution >= 4 is 17.5 Å². The second-order valence-corrected chi connectivity index (χ2v) is 4.36. The highest BCUT2D eigenvalue weighted by atomic mass is 32.2. The van der Waals surface area contributed by atoms with Gasteiger partial charge in [-0.3, -0.25) is 9.32 Å². The van der Waals surface area contributed by atoms with Gasteiger partial charge in [-0.2, -0.15) is 0 Å². The van der Waals surface area contributed by atoms with Crippen molar-refractivity contribution in [2.75, 3.05) is 5.75 Å². The number of rotatable bonds is 4. The van der Waals surface area contributed by atoms with Gasteiger partial charge in [0.15, 0.2) is 12.2 Å². The van der Waals surface area contributed by atoms with E-state index in [1.165, 1.54) is 16.4 Å². The van der Waals surface area contributed by atoms with E-state index >= 15 is 0 Å². The number of aromatic nitrogens is 4. The van der Waals surface area contributed by atoms with E-state index in [1.807, 2.05) is 7.05 Å². The third-order valence-electron chi connectivity index (χ3n) is 2.18. The van der Waals surface area contributed by atoms with Gasteiger partial charge < -0.3 is 4.57 Å². The summed E-state index contributed by atoms with van der Waals surface area (Å²) in [6.45, 7) is 0. The van der Waals surface area contributed by atoms with Gasteiger partial charge in [0.1, 0.15) is 0 Å².